The molecule has 0 unspecified atom stereocenters. The lowest BCUT2D eigenvalue weighted by atomic mass is 10.0. The van der Waals surface area contributed by atoms with Crippen molar-refractivity contribution in [1.82, 2.24) is 10.7 Å². The first-order valence-corrected chi connectivity index (χ1v) is 5.68. The first kappa shape index (κ1) is 13.2. The quantitative estimate of drug-likeness (QED) is 0.194. The molecule has 0 bridgehead atoms. The maximum absolute atomic E-state index is 5.36. The zero-order valence-corrected chi connectivity index (χ0v) is 9.87. The summed E-state index contributed by atoms with van der Waals surface area (Å²) in [4.78, 5) is 4.40. The molecule has 0 aromatic rings. The minimum Gasteiger partial charge on any atom is -0.383 e. The van der Waals surface area contributed by atoms with Gasteiger partial charge in [-0.25, -0.2) is 5.84 Å². The maximum atomic E-state index is 5.36. The highest BCUT2D eigenvalue weighted by Gasteiger charge is 2.13. The van der Waals surface area contributed by atoms with E-state index < -0.39 is 0 Å². The number of hydrogen-bond donors (Lipinski definition) is 3. The Balaban J connectivity index is 2.22. The number of ether oxygens (including phenoxy) is 2. The van der Waals surface area contributed by atoms with Gasteiger partial charge in [-0.3, -0.25) is 10.4 Å². The Morgan fingerprint density at radius 2 is 2.25 bits per heavy atom. The maximum Gasteiger partial charge on any atom is 0.205 e. The molecule has 1 saturated heterocycles. The molecule has 0 radical (unpaired) electrons. The van der Waals surface area contributed by atoms with Crippen molar-refractivity contribution < 1.29 is 9.47 Å². The van der Waals surface area contributed by atoms with Crippen molar-refractivity contribution in [3.63, 3.8) is 0 Å². The summed E-state index contributed by atoms with van der Waals surface area (Å²) >= 11 is 0. The molecular weight excluding hydrogens is 208 g/mol. The van der Waals surface area contributed by atoms with Crippen molar-refractivity contribution in [2.45, 2.75) is 12.8 Å². The molecule has 0 amide bonds. The minimum absolute atomic E-state index is 0.612. The first-order chi connectivity index (χ1) is 7.86. The Morgan fingerprint density at radius 1 is 1.50 bits per heavy atom. The second kappa shape index (κ2) is 8.32. The Hall–Kier alpha value is -0.850. The average Bonchev–Trinajstić information content (AvgIpc) is 2.35. The molecule has 94 valence electrons. The highest BCUT2D eigenvalue weighted by molar-refractivity contribution is 5.79. The summed E-state index contributed by atoms with van der Waals surface area (Å²) in [5, 5.41) is 3.07. The van der Waals surface area contributed by atoms with Crippen molar-refractivity contribution in [1.29, 1.82) is 0 Å². The van der Waals surface area contributed by atoms with Crippen molar-refractivity contribution >= 4 is 5.96 Å². The summed E-state index contributed by atoms with van der Waals surface area (Å²) in [6.45, 7) is 3.83. The van der Waals surface area contributed by atoms with E-state index in [0.29, 0.717) is 25.0 Å². The van der Waals surface area contributed by atoms with E-state index in [0.717, 1.165) is 32.6 Å². The molecule has 0 aromatic carbocycles. The molecule has 6 nitrogen and oxygen atoms in total. The third kappa shape index (κ3) is 5.29. The van der Waals surface area contributed by atoms with Crippen LogP contribution >= 0.6 is 0 Å². The van der Waals surface area contributed by atoms with Gasteiger partial charge in [-0.1, -0.05) is 0 Å². The van der Waals surface area contributed by atoms with E-state index in [2.05, 4.69) is 15.7 Å². The van der Waals surface area contributed by atoms with Crippen LogP contribution in [0, 0.1) is 5.92 Å². The predicted octanol–water partition coefficient (Wildman–Crippen LogP) is -0.532. The van der Waals surface area contributed by atoms with Crippen LogP contribution in [0.2, 0.25) is 0 Å². The van der Waals surface area contributed by atoms with Gasteiger partial charge in [0.25, 0.3) is 0 Å². The third-order valence-corrected chi connectivity index (χ3v) is 2.58. The molecule has 0 atom stereocenters. The van der Waals surface area contributed by atoms with Crippen molar-refractivity contribution in [3.05, 3.63) is 0 Å². The average molecular weight is 230 g/mol. The lowest BCUT2D eigenvalue weighted by Crippen LogP contribution is -2.43. The smallest absolute Gasteiger partial charge is 0.205 e. The summed E-state index contributed by atoms with van der Waals surface area (Å²) in [6, 6.07) is 0. The summed E-state index contributed by atoms with van der Waals surface area (Å²) in [6.07, 6.45) is 2.17. The van der Waals surface area contributed by atoms with Gasteiger partial charge in [-0.05, 0) is 18.8 Å². The largest absolute Gasteiger partial charge is 0.383 e. The van der Waals surface area contributed by atoms with E-state index in [-0.39, 0.29) is 0 Å². The monoisotopic (exact) mass is 230 g/mol. The number of hydrazine groups is 1. The van der Waals surface area contributed by atoms with Gasteiger partial charge in [0.15, 0.2) is 0 Å². The summed E-state index contributed by atoms with van der Waals surface area (Å²) < 4.78 is 10.2. The van der Waals surface area contributed by atoms with E-state index >= 15 is 0 Å². The van der Waals surface area contributed by atoms with E-state index in [1.807, 2.05) is 0 Å². The SMILES string of the molecule is COCCNC(=NCC1CCOCC1)NN. The predicted molar refractivity (Wildman–Crippen MR) is 63.0 cm³/mol. The van der Waals surface area contributed by atoms with Crippen molar-refractivity contribution in [3.8, 4) is 0 Å². The molecule has 0 spiro atoms. The number of nitrogens with one attached hydrogen (secondary N) is 2. The number of nitrogens with zero attached hydrogens (tertiary/aromatic N) is 1. The number of aliphatic imine (C=N–C) groups is 1. The van der Waals surface area contributed by atoms with Crippen LogP contribution in [0.3, 0.4) is 0 Å². The van der Waals surface area contributed by atoms with Gasteiger partial charge < -0.3 is 14.8 Å². The fourth-order valence-electron chi connectivity index (χ4n) is 1.57. The number of nitrogens with two attached hydrogens (primary N) is 1. The molecule has 0 aromatic heterocycles. The van der Waals surface area contributed by atoms with Gasteiger partial charge >= 0.3 is 0 Å². The number of guanidine groups is 1. The van der Waals surface area contributed by atoms with Crippen LogP contribution < -0.4 is 16.6 Å². The van der Waals surface area contributed by atoms with E-state index in [9.17, 15) is 0 Å². The summed E-state index contributed by atoms with van der Waals surface area (Å²) in [7, 11) is 1.66. The topological polar surface area (TPSA) is 80.9 Å². The molecule has 4 N–H and O–H groups in total. The van der Waals surface area contributed by atoms with Crippen LogP contribution in [-0.4, -0.2) is 46.0 Å². The van der Waals surface area contributed by atoms with E-state index in [4.69, 9.17) is 15.3 Å². The Labute approximate surface area is 96.6 Å². The molecule has 16 heavy (non-hydrogen) atoms. The molecule has 0 saturated carbocycles. The summed E-state index contributed by atoms with van der Waals surface area (Å²) in [5.41, 5.74) is 2.55. The zero-order valence-electron chi connectivity index (χ0n) is 9.87. The molecular formula is C10H22N4O2. The lowest BCUT2D eigenvalue weighted by Gasteiger charge is -2.20. The van der Waals surface area contributed by atoms with Crippen LogP contribution in [0.15, 0.2) is 4.99 Å². The standard InChI is InChI=1S/C10H22N4O2/c1-15-7-4-12-10(14-11)13-8-9-2-5-16-6-3-9/h9H,2-8,11H2,1H3,(H2,12,13,14). The molecule has 1 aliphatic rings. The molecule has 1 heterocycles. The van der Waals surface area contributed by atoms with Crippen LogP contribution in [-0.2, 0) is 9.47 Å². The Kier molecular flexibility index (Phi) is 6.87. The highest BCUT2D eigenvalue weighted by Crippen LogP contribution is 2.14. The van der Waals surface area contributed by atoms with E-state index in [1.165, 1.54) is 0 Å². The number of methoxy groups -OCH3 is 1. The van der Waals surface area contributed by atoms with Gasteiger partial charge in [-0.15, -0.1) is 0 Å². The van der Waals surface area contributed by atoms with Gasteiger partial charge in [0, 0.05) is 33.4 Å². The second-order valence-electron chi connectivity index (χ2n) is 3.81. The van der Waals surface area contributed by atoms with Crippen molar-refractivity contribution in [2.24, 2.45) is 16.8 Å². The van der Waals surface area contributed by atoms with Crippen LogP contribution in [0.4, 0.5) is 0 Å². The fourth-order valence-corrected chi connectivity index (χ4v) is 1.57. The molecule has 1 fully saturated rings. The molecule has 1 rings (SSSR count). The number of rotatable bonds is 5. The number of hydrogen-bond acceptors (Lipinski definition) is 4. The van der Waals surface area contributed by atoms with E-state index in [1.54, 1.807) is 7.11 Å². The van der Waals surface area contributed by atoms with Gasteiger partial charge in [-0.2, -0.15) is 0 Å². The lowest BCUT2D eigenvalue weighted by molar-refractivity contribution is 0.0689. The fraction of sp³-hybridized carbons (Fsp3) is 0.900. The van der Waals surface area contributed by atoms with Crippen LogP contribution in [0.25, 0.3) is 0 Å². The van der Waals surface area contributed by atoms with Gasteiger partial charge in [0.2, 0.25) is 5.96 Å². The molecule has 6 heteroatoms. The van der Waals surface area contributed by atoms with Crippen molar-refractivity contribution in [2.75, 3.05) is 40.0 Å². The Morgan fingerprint density at radius 3 is 2.88 bits per heavy atom. The normalized spacial score (nSPS) is 18.5. The van der Waals surface area contributed by atoms with Crippen LogP contribution in [0.5, 0.6) is 0 Å². The van der Waals surface area contributed by atoms with Crippen LogP contribution in [0.1, 0.15) is 12.8 Å². The minimum atomic E-state index is 0.612. The van der Waals surface area contributed by atoms with Gasteiger partial charge in [0.1, 0.15) is 0 Å². The highest BCUT2D eigenvalue weighted by atomic mass is 16.5. The Bertz CT molecular complexity index is 205. The van der Waals surface area contributed by atoms with Gasteiger partial charge in [0.05, 0.1) is 6.61 Å². The molecule has 0 aliphatic carbocycles. The zero-order chi connectivity index (χ0) is 11.6. The summed E-state index contributed by atoms with van der Waals surface area (Å²) in [5.74, 6) is 6.60. The first-order valence-electron chi connectivity index (χ1n) is 5.68. The molecule has 1 aliphatic heterocycles. The third-order valence-electron chi connectivity index (χ3n) is 2.58. The second-order valence-corrected chi connectivity index (χ2v) is 3.81.